The zero-order valence-electron chi connectivity index (χ0n) is 28.0. The molecule has 0 aliphatic heterocycles. The van der Waals surface area contributed by atoms with E-state index in [1.165, 1.54) is 29.2 Å². The summed E-state index contributed by atoms with van der Waals surface area (Å²) in [5.41, 5.74) is 1.43. The van der Waals surface area contributed by atoms with E-state index >= 15 is 0 Å². The monoisotopic (exact) mass is 665 g/mol. The van der Waals surface area contributed by atoms with Crippen molar-refractivity contribution >= 4 is 35.2 Å². The molecule has 0 heterocycles. The highest BCUT2D eigenvalue weighted by Gasteiger charge is 2.37. The first-order chi connectivity index (χ1) is 22.3. The number of para-hydroxylation sites is 1. The van der Waals surface area contributed by atoms with Gasteiger partial charge in [0.25, 0.3) is 5.91 Å². The minimum atomic E-state index is -1.18. The van der Waals surface area contributed by atoms with E-state index in [-0.39, 0.29) is 24.5 Å². The molecular weight excluding hydrogens is 618 g/mol. The van der Waals surface area contributed by atoms with Crippen LogP contribution in [0.4, 0.5) is 10.5 Å². The minimum Gasteiger partial charge on any atom is -0.508 e. The number of carbonyl (C=O) groups is 3. The maximum Gasteiger partial charge on any atom is 0.408 e. The second kappa shape index (κ2) is 17.6. The number of halogens is 1. The summed E-state index contributed by atoms with van der Waals surface area (Å²) < 4.78 is 5.52. The Hall–Kier alpha value is -4.24. The van der Waals surface area contributed by atoms with Gasteiger partial charge in [-0.15, -0.1) is 0 Å². The number of benzene rings is 3. The van der Waals surface area contributed by atoms with Crippen molar-refractivity contribution in [1.82, 2.24) is 10.2 Å². The van der Waals surface area contributed by atoms with E-state index in [4.69, 9.17) is 16.3 Å². The molecule has 0 saturated carbocycles. The summed E-state index contributed by atoms with van der Waals surface area (Å²) in [5.74, 6) is -1.02. The van der Waals surface area contributed by atoms with Crippen molar-refractivity contribution in [2.24, 2.45) is 0 Å². The third kappa shape index (κ3) is 11.8. The molecule has 0 aromatic heterocycles. The number of aromatic hydroxyl groups is 2. The fourth-order valence-corrected chi connectivity index (χ4v) is 5.57. The van der Waals surface area contributed by atoms with Crippen LogP contribution >= 0.6 is 11.6 Å². The van der Waals surface area contributed by atoms with E-state index in [1.807, 2.05) is 13.0 Å². The highest BCUT2D eigenvalue weighted by molar-refractivity contribution is 6.34. The molecule has 0 radical (unpaired) electrons. The molecule has 0 aliphatic carbocycles. The summed E-state index contributed by atoms with van der Waals surface area (Å²) in [6.07, 6.45) is 5.00. The molecule has 254 valence electrons. The lowest BCUT2D eigenvalue weighted by Gasteiger charge is -2.35. The molecule has 9 nitrogen and oxygen atoms in total. The number of phenolic OH excluding ortho intramolecular Hbond substituents is 2. The number of amides is 3. The summed E-state index contributed by atoms with van der Waals surface area (Å²) in [5, 5.41) is 26.3. The number of ether oxygens (including phenoxy) is 1. The summed E-state index contributed by atoms with van der Waals surface area (Å²) >= 11 is 6.48. The number of unbranched alkanes of at least 4 members (excludes halogenated alkanes) is 5. The van der Waals surface area contributed by atoms with Crippen molar-refractivity contribution in [1.29, 1.82) is 0 Å². The molecule has 0 bridgehead atoms. The number of anilines is 1. The average molecular weight is 666 g/mol. The number of alkyl carbamates (subject to hydrolysis) is 1. The van der Waals surface area contributed by atoms with E-state index in [1.54, 1.807) is 57.2 Å². The van der Waals surface area contributed by atoms with Crippen LogP contribution in [0.3, 0.4) is 0 Å². The number of hydrogen-bond acceptors (Lipinski definition) is 6. The van der Waals surface area contributed by atoms with E-state index < -0.39 is 35.6 Å². The van der Waals surface area contributed by atoms with Crippen molar-refractivity contribution in [2.75, 3.05) is 11.9 Å². The molecule has 3 amide bonds. The zero-order valence-corrected chi connectivity index (χ0v) is 28.8. The first-order valence-electron chi connectivity index (χ1n) is 16.2. The Morgan fingerprint density at radius 3 is 2.19 bits per heavy atom. The van der Waals surface area contributed by atoms with Gasteiger partial charge in [0, 0.05) is 13.0 Å². The van der Waals surface area contributed by atoms with Crippen LogP contribution in [-0.4, -0.2) is 51.2 Å². The molecule has 0 spiro atoms. The smallest absolute Gasteiger partial charge is 0.408 e. The fraction of sp³-hybridized carbons (Fsp3) is 0.432. The fourth-order valence-electron chi connectivity index (χ4n) is 5.30. The summed E-state index contributed by atoms with van der Waals surface area (Å²) in [6, 6.07) is 15.6. The first-order valence-corrected chi connectivity index (χ1v) is 16.6. The van der Waals surface area contributed by atoms with Gasteiger partial charge in [0.15, 0.2) is 0 Å². The molecule has 47 heavy (non-hydrogen) atoms. The Morgan fingerprint density at radius 1 is 0.894 bits per heavy atom. The predicted octanol–water partition coefficient (Wildman–Crippen LogP) is 8.06. The minimum absolute atomic E-state index is 0.0614. The average Bonchev–Trinajstić information content (AvgIpc) is 2.99. The molecular formula is C37H48ClN3O6. The second-order valence-corrected chi connectivity index (χ2v) is 13.2. The first kappa shape index (κ1) is 37.2. The van der Waals surface area contributed by atoms with E-state index in [0.29, 0.717) is 28.3 Å². The Labute approximate surface area is 283 Å². The highest BCUT2D eigenvalue weighted by Crippen LogP contribution is 2.31. The van der Waals surface area contributed by atoms with E-state index in [9.17, 15) is 24.6 Å². The van der Waals surface area contributed by atoms with Crippen LogP contribution in [0.1, 0.15) is 89.0 Å². The lowest BCUT2D eigenvalue weighted by atomic mass is 9.99. The lowest BCUT2D eigenvalue weighted by Crippen LogP contribution is -2.53. The molecule has 10 heteroatoms. The number of nitrogens with zero attached hydrogens (tertiary/aromatic N) is 1. The molecule has 0 saturated heterocycles. The van der Waals surface area contributed by atoms with Gasteiger partial charge in [-0.3, -0.25) is 9.59 Å². The molecule has 3 rings (SSSR count). The molecule has 3 aromatic carbocycles. The zero-order chi connectivity index (χ0) is 34.6. The quantitative estimate of drug-likeness (QED) is 0.122. The van der Waals surface area contributed by atoms with Crippen LogP contribution in [0.25, 0.3) is 0 Å². The van der Waals surface area contributed by atoms with Gasteiger partial charge in [0.05, 0.1) is 10.7 Å². The van der Waals surface area contributed by atoms with Gasteiger partial charge >= 0.3 is 6.09 Å². The number of aryl methyl sites for hydroxylation is 1. The van der Waals surface area contributed by atoms with Gasteiger partial charge in [0.2, 0.25) is 5.91 Å². The normalized spacial score (nSPS) is 12.6. The lowest BCUT2D eigenvalue weighted by molar-refractivity contribution is -0.140. The van der Waals surface area contributed by atoms with Gasteiger partial charge in [0.1, 0.15) is 29.2 Å². The van der Waals surface area contributed by atoms with Crippen molar-refractivity contribution < 1.29 is 29.3 Å². The Morgan fingerprint density at radius 2 is 1.55 bits per heavy atom. The molecule has 4 N–H and O–H groups in total. The summed E-state index contributed by atoms with van der Waals surface area (Å²) in [4.78, 5) is 43.5. The Kier molecular flexibility index (Phi) is 13.9. The molecule has 0 fully saturated rings. The third-order valence-corrected chi connectivity index (χ3v) is 7.93. The summed E-state index contributed by atoms with van der Waals surface area (Å²) in [6.45, 7) is 9.36. The number of hydrogen-bond donors (Lipinski definition) is 4. The van der Waals surface area contributed by atoms with Gasteiger partial charge in [-0.25, -0.2) is 4.79 Å². The molecule has 2 atom stereocenters. The summed E-state index contributed by atoms with van der Waals surface area (Å²) in [7, 11) is 0. The standard InChI is InChI=1S/C37H48ClN3O6/c1-6-7-8-9-10-11-22-41(35(45)31(39-36(46)47-37(3,4)5)23-26-18-20-28(42)21-19-26)33(27-15-13-16-29(43)24-27)34(44)40-32-25(2)14-12-17-30(32)38/h12-21,24,31,33,42-43H,6-11,22-23H2,1-5H3,(H,39,46)(H,40,44). The van der Waals surface area contributed by atoms with Crippen molar-refractivity contribution in [3.63, 3.8) is 0 Å². The van der Waals surface area contributed by atoms with Crippen LogP contribution in [0.2, 0.25) is 5.02 Å². The van der Waals surface area contributed by atoms with Crippen LogP contribution in [0.15, 0.2) is 66.7 Å². The second-order valence-electron chi connectivity index (χ2n) is 12.8. The topological polar surface area (TPSA) is 128 Å². The number of nitrogens with one attached hydrogen (secondary N) is 2. The van der Waals surface area contributed by atoms with Crippen LogP contribution < -0.4 is 10.6 Å². The van der Waals surface area contributed by atoms with Crippen molar-refractivity contribution in [3.05, 3.63) is 88.4 Å². The van der Waals surface area contributed by atoms with Gasteiger partial charge in [-0.1, -0.05) is 87.0 Å². The molecule has 2 unspecified atom stereocenters. The van der Waals surface area contributed by atoms with E-state index in [2.05, 4.69) is 17.6 Å². The number of phenols is 2. The van der Waals surface area contributed by atoms with Crippen LogP contribution in [0, 0.1) is 6.92 Å². The van der Waals surface area contributed by atoms with Crippen molar-refractivity contribution in [2.45, 2.75) is 97.2 Å². The molecule has 0 aliphatic rings. The van der Waals surface area contributed by atoms with E-state index in [0.717, 1.165) is 37.7 Å². The maximum absolute atomic E-state index is 14.7. The Bertz CT molecular complexity index is 1470. The van der Waals surface area contributed by atoms with Crippen molar-refractivity contribution in [3.8, 4) is 11.5 Å². The van der Waals surface area contributed by atoms with Gasteiger partial charge in [-0.05, 0) is 81.1 Å². The van der Waals surface area contributed by atoms with Crippen LogP contribution in [-0.2, 0) is 20.7 Å². The molecule has 3 aromatic rings. The Balaban J connectivity index is 2.08. The number of carbonyl (C=O) groups excluding carboxylic acids is 3. The third-order valence-electron chi connectivity index (χ3n) is 7.62. The largest absolute Gasteiger partial charge is 0.508 e. The predicted molar refractivity (Wildman–Crippen MR) is 186 cm³/mol. The highest BCUT2D eigenvalue weighted by atomic mass is 35.5. The van der Waals surface area contributed by atoms with Gasteiger partial charge < -0.3 is 30.5 Å². The van der Waals surface area contributed by atoms with Gasteiger partial charge in [-0.2, -0.15) is 0 Å². The number of rotatable bonds is 15. The van der Waals surface area contributed by atoms with Crippen LogP contribution in [0.5, 0.6) is 11.5 Å². The SMILES string of the molecule is CCCCCCCCN(C(=O)C(Cc1ccc(O)cc1)NC(=O)OC(C)(C)C)C(C(=O)Nc1c(C)cccc1Cl)c1cccc(O)c1. The maximum atomic E-state index is 14.7.